The van der Waals surface area contributed by atoms with E-state index < -0.39 is 5.92 Å². The number of hydrogen-bond donors (Lipinski definition) is 2. The maximum atomic E-state index is 13.3. The fraction of sp³-hybridized carbons (Fsp3) is 0.412. The number of nitriles is 1. The van der Waals surface area contributed by atoms with E-state index >= 15 is 0 Å². The number of hydrogen-bond acceptors (Lipinski definition) is 3. The largest absolute Gasteiger partial charge is 0.326 e. The number of benzene rings is 1. The van der Waals surface area contributed by atoms with Crippen LogP contribution in [-0.4, -0.2) is 15.7 Å². The van der Waals surface area contributed by atoms with Crippen molar-refractivity contribution < 1.29 is 8.78 Å². The summed E-state index contributed by atoms with van der Waals surface area (Å²) >= 11 is 0. The van der Waals surface area contributed by atoms with E-state index in [0.717, 1.165) is 0 Å². The van der Waals surface area contributed by atoms with E-state index in [1.807, 2.05) is 6.07 Å². The number of nitrogens with two attached hydrogens (primary N) is 1. The summed E-state index contributed by atoms with van der Waals surface area (Å²) in [7, 11) is 0. The van der Waals surface area contributed by atoms with Crippen LogP contribution in [0.2, 0.25) is 0 Å². The first-order valence-corrected chi connectivity index (χ1v) is 7.86. The van der Waals surface area contributed by atoms with Crippen LogP contribution in [0.4, 0.5) is 8.78 Å². The van der Waals surface area contributed by atoms with E-state index in [9.17, 15) is 13.6 Å². The molecule has 0 atom stereocenters. The minimum atomic E-state index is -2.63. The van der Waals surface area contributed by atoms with Gasteiger partial charge in [0.25, 0.3) is 5.56 Å². The normalized spacial score (nSPS) is 17.6. The topological polar surface area (TPSA) is 87.6 Å². The Hall–Kier alpha value is -2.46. The number of aromatic nitrogens is 2. The molecule has 1 aromatic heterocycles. The Morgan fingerprint density at radius 2 is 2.04 bits per heavy atom. The fourth-order valence-corrected chi connectivity index (χ4v) is 3.23. The molecule has 0 saturated heterocycles. The van der Waals surface area contributed by atoms with Crippen LogP contribution in [-0.2, 0) is 6.54 Å². The molecule has 0 radical (unpaired) electrons. The molecule has 0 aliphatic heterocycles. The van der Waals surface area contributed by atoms with Crippen LogP contribution in [0.1, 0.15) is 42.9 Å². The van der Waals surface area contributed by atoms with E-state index in [1.54, 1.807) is 24.4 Å². The lowest BCUT2D eigenvalue weighted by atomic mass is 9.92. The van der Waals surface area contributed by atoms with Crippen molar-refractivity contribution >= 4 is 0 Å². The van der Waals surface area contributed by atoms with E-state index in [2.05, 4.69) is 5.10 Å². The molecule has 0 bridgehead atoms. The third kappa shape index (κ3) is 2.97. The van der Waals surface area contributed by atoms with Crippen LogP contribution in [0, 0.1) is 11.3 Å². The van der Waals surface area contributed by atoms with E-state index in [-0.39, 0.29) is 43.8 Å². The van der Waals surface area contributed by atoms with Gasteiger partial charge in [0.15, 0.2) is 0 Å². The highest BCUT2D eigenvalue weighted by molar-refractivity contribution is 5.67. The Kier molecular flexibility index (Phi) is 4.24. The monoisotopic (exact) mass is 332 g/mol. The Bertz CT molecular complexity index is 837. The van der Waals surface area contributed by atoms with Gasteiger partial charge in [0.05, 0.1) is 23.2 Å². The minimum absolute atomic E-state index is 0.200. The molecule has 1 aliphatic rings. The Morgan fingerprint density at radius 3 is 2.67 bits per heavy atom. The van der Waals surface area contributed by atoms with Crippen LogP contribution in [0.3, 0.4) is 0 Å². The van der Waals surface area contributed by atoms with Gasteiger partial charge in [-0.05, 0) is 36.1 Å². The van der Waals surface area contributed by atoms with Gasteiger partial charge in [-0.3, -0.25) is 4.79 Å². The Balaban J connectivity index is 1.94. The van der Waals surface area contributed by atoms with Gasteiger partial charge in [-0.2, -0.15) is 5.26 Å². The zero-order valence-electron chi connectivity index (χ0n) is 13.1. The SMILES string of the molecule is N#Cc1ccc(-c2c[nH]n(C3CCC(F)(F)CC3)c2=O)c(CN)c1. The standard InChI is InChI=1S/C17H18F2N4O/c18-17(19)5-3-13(4-6-17)23-16(24)15(10-22-23)14-2-1-11(8-20)7-12(14)9-21/h1-2,7,10,13,22H,3-6,9,21H2. The summed E-state index contributed by atoms with van der Waals surface area (Å²) in [5.74, 6) is -2.63. The lowest BCUT2D eigenvalue weighted by Crippen LogP contribution is -2.31. The van der Waals surface area contributed by atoms with Crippen LogP contribution < -0.4 is 11.3 Å². The summed E-state index contributed by atoms with van der Waals surface area (Å²) in [4.78, 5) is 12.7. The number of H-pyrrole nitrogens is 1. The number of alkyl halides is 2. The van der Waals surface area contributed by atoms with Crippen LogP contribution in [0.25, 0.3) is 11.1 Å². The quantitative estimate of drug-likeness (QED) is 0.906. The van der Waals surface area contributed by atoms with Crippen LogP contribution in [0.5, 0.6) is 0 Å². The van der Waals surface area contributed by atoms with E-state index in [4.69, 9.17) is 11.0 Å². The van der Waals surface area contributed by atoms with Crippen molar-refractivity contribution in [2.45, 2.75) is 44.2 Å². The molecule has 3 rings (SSSR count). The lowest BCUT2D eigenvalue weighted by Gasteiger charge is -2.28. The third-order valence-electron chi connectivity index (χ3n) is 4.59. The average molecular weight is 332 g/mol. The van der Waals surface area contributed by atoms with Gasteiger partial charge in [-0.25, -0.2) is 13.5 Å². The number of aromatic amines is 1. The second kappa shape index (κ2) is 6.21. The van der Waals surface area contributed by atoms with Crippen LogP contribution >= 0.6 is 0 Å². The second-order valence-electron chi connectivity index (χ2n) is 6.14. The summed E-state index contributed by atoms with van der Waals surface area (Å²) < 4.78 is 28.0. The molecule has 24 heavy (non-hydrogen) atoms. The zero-order valence-corrected chi connectivity index (χ0v) is 13.1. The lowest BCUT2D eigenvalue weighted by molar-refractivity contribution is -0.0452. The highest BCUT2D eigenvalue weighted by atomic mass is 19.3. The molecule has 1 saturated carbocycles. The molecular weight excluding hydrogens is 314 g/mol. The van der Waals surface area contributed by atoms with Crippen molar-refractivity contribution in [3.05, 3.63) is 45.9 Å². The molecule has 0 unspecified atom stereocenters. The van der Waals surface area contributed by atoms with Gasteiger partial charge in [-0.1, -0.05) is 6.07 Å². The second-order valence-corrected chi connectivity index (χ2v) is 6.14. The molecule has 7 heteroatoms. The number of nitrogens with one attached hydrogen (secondary N) is 1. The molecule has 1 heterocycles. The first-order chi connectivity index (χ1) is 11.4. The maximum absolute atomic E-state index is 13.3. The highest BCUT2D eigenvalue weighted by Crippen LogP contribution is 2.37. The predicted molar refractivity (Wildman–Crippen MR) is 85.5 cm³/mol. The van der Waals surface area contributed by atoms with Crippen molar-refractivity contribution in [1.29, 1.82) is 5.26 Å². The molecule has 1 aromatic carbocycles. The molecule has 3 N–H and O–H groups in total. The first-order valence-electron chi connectivity index (χ1n) is 7.86. The summed E-state index contributed by atoms with van der Waals surface area (Å²) in [6.45, 7) is 0.200. The fourth-order valence-electron chi connectivity index (χ4n) is 3.23. The summed E-state index contributed by atoms with van der Waals surface area (Å²) in [5, 5.41) is 11.9. The molecule has 0 amide bonds. The summed E-state index contributed by atoms with van der Waals surface area (Å²) in [6.07, 6.45) is 1.70. The van der Waals surface area contributed by atoms with Crippen molar-refractivity contribution in [3.8, 4) is 17.2 Å². The van der Waals surface area contributed by atoms with Crippen molar-refractivity contribution in [3.63, 3.8) is 0 Å². The minimum Gasteiger partial charge on any atom is -0.326 e. The molecule has 1 fully saturated rings. The molecular formula is C17H18F2N4O. The summed E-state index contributed by atoms with van der Waals surface area (Å²) in [6, 6.07) is 6.79. The highest BCUT2D eigenvalue weighted by Gasteiger charge is 2.36. The zero-order chi connectivity index (χ0) is 17.3. The third-order valence-corrected chi connectivity index (χ3v) is 4.59. The predicted octanol–water partition coefficient (Wildman–Crippen LogP) is 2.92. The molecule has 0 spiro atoms. The van der Waals surface area contributed by atoms with Gasteiger partial charge in [0.2, 0.25) is 5.92 Å². The molecule has 2 aromatic rings. The van der Waals surface area contributed by atoms with Crippen molar-refractivity contribution in [1.82, 2.24) is 9.78 Å². The van der Waals surface area contributed by atoms with Crippen LogP contribution in [0.15, 0.2) is 29.2 Å². The van der Waals surface area contributed by atoms with Crippen molar-refractivity contribution in [2.75, 3.05) is 0 Å². The number of nitrogens with zero attached hydrogens (tertiary/aromatic N) is 2. The smallest absolute Gasteiger partial charge is 0.274 e. The van der Waals surface area contributed by atoms with Gasteiger partial charge in [-0.15, -0.1) is 0 Å². The Labute approximate surface area is 137 Å². The van der Waals surface area contributed by atoms with Gasteiger partial charge < -0.3 is 10.8 Å². The van der Waals surface area contributed by atoms with E-state index in [1.165, 1.54) is 4.68 Å². The summed E-state index contributed by atoms with van der Waals surface area (Å²) in [5.41, 5.74) is 7.77. The van der Waals surface area contributed by atoms with Gasteiger partial charge in [0, 0.05) is 25.6 Å². The van der Waals surface area contributed by atoms with Gasteiger partial charge in [0.1, 0.15) is 0 Å². The van der Waals surface area contributed by atoms with E-state index in [0.29, 0.717) is 22.3 Å². The molecule has 126 valence electrons. The van der Waals surface area contributed by atoms with Crippen molar-refractivity contribution in [2.24, 2.45) is 5.73 Å². The molecule has 1 aliphatic carbocycles. The number of rotatable bonds is 3. The first kappa shape index (κ1) is 16.4. The van der Waals surface area contributed by atoms with Gasteiger partial charge >= 0.3 is 0 Å². The Morgan fingerprint density at radius 1 is 1.33 bits per heavy atom. The number of halogens is 2. The molecule has 5 nitrogen and oxygen atoms in total. The maximum Gasteiger partial charge on any atom is 0.274 e. The average Bonchev–Trinajstić information content (AvgIpc) is 2.95.